The molecule has 0 saturated carbocycles. The number of carbonyl (C=O) groups excluding carboxylic acids is 2. The predicted octanol–water partition coefficient (Wildman–Crippen LogP) is 2.22. The minimum Gasteiger partial charge on any atom is -0.368 e. The van der Waals surface area contributed by atoms with Crippen molar-refractivity contribution in [1.29, 1.82) is 0 Å². The van der Waals surface area contributed by atoms with E-state index in [9.17, 15) is 9.59 Å². The number of rotatable bonds is 9. The molecule has 0 aromatic carbocycles. The van der Waals surface area contributed by atoms with E-state index in [1.807, 2.05) is 13.8 Å². The first kappa shape index (κ1) is 16.9. The molecule has 0 heterocycles. The SMILES string of the molecule is CC[C@H](C)CCCC(=O)N[C@@H](CC(C)C)C(N)=O. The Bertz CT molecular complexity index is 265. The first-order valence-electron chi connectivity index (χ1n) is 6.95. The fourth-order valence-electron chi connectivity index (χ4n) is 1.80. The zero-order valence-electron chi connectivity index (χ0n) is 12.2. The second-order valence-corrected chi connectivity index (χ2v) is 5.56. The Labute approximate surface area is 111 Å². The highest BCUT2D eigenvalue weighted by molar-refractivity contribution is 5.86. The van der Waals surface area contributed by atoms with Crippen molar-refractivity contribution in [2.24, 2.45) is 17.6 Å². The van der Waals surface area contributed by atoms with E-state index in [1.54, 1.807) is 0 Å². The maximum atomic E-state index is 11.7. The summed E-state index contributed by atoms with van der Waals surface area (Å²) in [7, 11) is 0. The molecule has 0 aliphatic carbocycles. The van der Waals surface area contributed by atoms with E-state index in [0.29, 0.717) is 24.7 Å². The van der Waals surface area contributed by atoms with Gasteiger partial charge in [-0.15, -0.1) is 0 Å². The van der Waals surface area contributed by atoms with E-state index in [0.717, 1.165) is 19.3 Å². The summed E-state index contributed by atoms with van der Waals surface area (Å²) >= 11 is 0. The Morgan fingerprint density at radius 2 is 1.83 bits per heavy atom. The summed E-state index contributed by atoms with van der Waals surface area (Å²) in [6.45, 7) is 8.34. The van der Waals surface area contributed by atoms with Gasteiger partial charge in [-0.25, -0.2) is 0 Å². The molecule has 0 rings (SSSR count). The van der Waals surface area contributed by atoms with Gasteiger partial charge in [0.2, 0.25) is 11.8 Å². The summed E-state index contributed by atoms with van der Waals surface area (Å²) < 4.78 is 0. The quantitative estimate of drug-likeness (QED) is 0.664. The smallest absolute Gasteiger partial charge is 0.240 e. The average Bonchev–Trinajstić information content (AvgIpc) is 2.27. The molecule has 2 amide bonds. The van der Waals surface area contributed by atoms with Crippen molar-refractivity contribution >= 4 is 11.8 Å². The molecule has 0 aromatic rings. The van der Waals surface area contributed by atoms with Crippen molar-refractivity contribution in [2.45, 2.75) is 65.8 Å². The lowest BCUT2D eigenvalue weighted by atomic mass is 10.0. The molecule has 0 radical (unpaired) electrons. The van der Waals surface area contributed by atoms with Crippen LogP contribution in [0.1, 0.15) is 59.8 Å². The monoisotopic (exact) mass is 256 g/mol. The number of nitrogens with one attached hydrogen (secondary N) is 1. The Morgan fingerprint density at radius 1 is 1.22 bits per heavy atom. The van der Waals surface area contributed by atoms with Crippen LogP contribution >= 0.6 is 0 Å². The fourth-order valence-corrected chi connectivity index (χ4v) is 1.80. The van der Waals surface area contributed by atoms with Crippen molar-refractivity contribution in [3.05, 3.63) is 0 Å². The van der Waals surface area contributed by atoms with E-state index < -0.39 is 11.9 Å². The lowest BCUT2D eigenvalue weighted by molar-refractivity contribution is -0.127. The molecule has 0 aliphatic rings. The molecule has 0 bridgehead atoms. The third-order valence-corrected chi connectivity index (χ3v) is 3.18. The lowest BCUT2D eigenvalue weighted by Gasteiger charge is -2.17. The largest absolute Gasteiger partial charge is 0.368 e. The minimum absolute atomic E-state index is 0.0669. The highest BCUT2D eigenvalue weighted by Gasteiger charge is 2.18. The number of carbonyl (C=O) groups is 2. The standard InChI is InChI=1S/C14H28N2O2/c1-5-11(4)7-6-8-13(17)16-12(14(15)18)9-10(2)3/h10-12H,5-9H2,1-4H3,(H2,15,18)(H,16,17)/t11-,12-/m0/s1. The van der Waals surface area contributed by atoms with Gasteiger partial charge < -0.3 is 11.1 Å². The highest BCUT2D eigenvalue weighted by atomic mass is 16.2. The molecule has 4 nitrogen and oxygen atoms in total. The van der Waals surface area contributed by atoms with Crippen LogP contribution in [0.5, 0.6) is 0 Å². The summed E-state index contributed by atoms with van der Waals surface area (Å²) in [4.78, 5) is 22.9. The molecule has 0 aromatic heterocycles. The fraction of sp³-hybridized carbons (Fsp3) is 0.857. The number of primary amides is 1. The van der Waals surface area contributed by atoms with Crippen LogP contribution in [0.15, 0.2) is 0 Å². The highest BCUT2D eigenvalue weighted by Crippen LogP contribution is 2.11. The molecular formula is C14H28N2O2. The number of hydrogen-bond acceptors (Lipinski definition) is 2. The zero-order valence-corrected chi connectivity index (χ0v) is 12.2. The van der Waals surface area contributed by atoms with Crippen LogP contribution in [0.3, 0.4) is 0 Å². The molecule has 2 atom stereocenters. The van der Waals surface area contributed by atoms with E-state index >= 15 is 0 Å². The van der Waals surface area contributed by atoms with Crippen molar-refractivity contribution in [3.8, 4) is 0 Å². The topological polar surface area (TPSA) is 72.2 Å². The molecule has 4 heteroatoms. The zero-order chi connectivity index (χ0) is 14.1. The van der Waals surface area contributed by atoms with Gasteiger partial charge in [0.25, 0.3) is 0 Å². The first-order chi connectivity index (χ1) is 8.36. The van der Waals surface area contributed by atoms with Gasteiger partial charge in [-0.2, -0.15) is 0 Å². The van der Waals surface area contributed by atoms with E-state index in [1.165, 1.54) is 0 Å². The third kappa shape index (κ3) is 8.09. The Hall–Kier alpha value is -1.06. The van der Waals surface area contributed by atoms with Gasteiger partial charge in [0.15, 0.2) is 0 Å². The molecule has 18 heavy (non-hydrogen) atoms. The van der Waals surface area contributed by atoms with Crippen molar-refractivity contribution in [2.75, 3.05) is 0 Å². The van der Waals surface area contributed by atoms with Crippen molar-refractivity contribution < 1.29 is 9.59 Å². The second-order valence-electron chi connectivity index (χ2n) is 5.56. The maximum Gasteiger partial charge on any atom is 0.240 e. The van der Waals surface area contributed by atoms with Crippen molar-refractivity contribution in [1.82, 2.24) is 5.32 Å². The van der Waals surface area contributed by atoms with Crippen LogP contribution in [-0.2, 0) is 9.59 Å². The van der Waals surface area contributed by atoms with Crippen LogP contribution in [0.4, 0.5) is 0 Å². The molecule has 3 N–H and O–H groups in total. The van der Waals surface area contributed by atoms with Crippen LogP contribution in [-0.4, -0.2) is 17.9 Å². The maximum absolute atomic E-state index is 11.7. The van der Waals surface area contributed by atoms with E-state index in [-0.39, 0.29) is 5.91 Å². The number of nitrogens with two attached hydrogens (primary N) is 1. The van der Waals surface area contributed by atoms with Crippen LogP contribution in [0, 0.1) is 11.8 Å². The molecule has 106 valence electrons. The summed E-state index contributed by atoms with van der Waals surface area (Å²) in [5, 5.41) is 2.73. The lowest BCUT2D eigenvalue weighted by Crippen LogP contribution is -2.45. The molecule has 0 fully saturated rings. The van der Waals surface area contributed by atoms with E-state index in [4.69, 9.17) is 5.73 Å². The number of hydrogen-bond donors (Lipinski definition) is 2. The van der Waals surface area contributed by atoms with Gasteiger partial charge in [0, 0.05) is 6.42 Å². The summed E-state index contributed by atoms with van der Waals surface area (Å²) in [5.74, 6) is 0.477. The van der Waals surface area contributed by atoms with Crippen molar-refractivity contribution in [3.63, 3.8) is 0 Å². The Kier molecular flexibility index (Phi) is 8.42. The summed E-state index contributed by atoms with van der Waals surface area (Å²) in [6, 6.07) is -0.527. The number of amides is 2. The van der Waals surface area contributed by atoms with Gasteiger partial charge in [-0.05, 0) is 24.7 Å². The van der Waals surface area contributed by atoms with Gasteiger partial charge >= 0.3 is 0 Å². The molecule has 0 unspecified atom stereocenters. The molecular weight excluding hydrogens is 228 g/mol. The molecule has 0 saturated heterocycles. The second kappa shape index (κ2) is 8.95. The van der Waals surface area contributed by atoms with Crippen LogP contribution in [0.25, 0.3) is 0 Å². The molecule has 0 aliphatic heterocycles. The van der Waals surface area contributed by atoms with Gasteiger partial charge in [-0.3, -0.25) is 9.59 Å². The minimum atomic E-state index is -0.527. The molecule has 0 spiro atoms. The van der Waals surface area contributed by atoms with Crippen LogP contribution in [0.2, 0.25) is 0 Å². The average molecular weight is 256 g/mol. The summed E-state index contributed by atoms with van der Waals surface area (Å²) in [5.41, 5.74) is 5.28. The Morgan fingerprint density at radius 3 is 2.28 bits per heavy atom. The first-order valence-corrected chi connectivity index (χ1v) is 6.95. The van der Waals surface area contributed by atoms with E-state index in [2.05, 4.69) is 19.2 Å². The van der Waals surface area contributed by atoms with Gasteiger partial charge in [0.05, 0.1) is 0 Å². The summed E-state index contributed by atoms with van der Waals surface area (Å²) in [6.07, 6.45) is 4.14. The normalized spacial score (nSPS) is 14.3. The Balaban J connectivity index is 3.99. The van der Waals surface area contributed by atoms with Crippen LogP contribution < -0.4 is 11.1 Å². The van der Waals surface area contributed by atoms with Gasteiger partial charge in [0.1, 0.15) is 6.04 Å². The third-order valence-electron chi connectivity index (χ3n) is 3.18. The predicted molar refractivity (Wildman–Crippen MR) is 73.9 cm³/mol. The van der Waals surface area contributed by atoms with Gasteiger partial charge in [-0.1, -0.05) is 40.5 Å².